The topological polar surface area (TPSA) is 99.6 Å². The number of carbonyl (C=O) groups is 3. The number of fused-ring (bicyclic) bond motifs is 2. The molecule has 1 spiro atoms. The maximum atomic E-state index is 14.2. The van der Waals surface area contributed by atoms with Crippen LogP contribution in [0.4, 0.5) is 5.69 Å². The van der Waals surface area contributed by atoms with Gasteiger partial charge in [-0.15, -0.1) is 0 Å². The van der Waals surface area contributed by atoms with E-state index in [1.165, 1.54) is 4.90 Å². The second-order valence-electron chi connectivity index (χ2n) is 9.20. The van der Waals surface area contributed by atoms with E-state index < -0.39 is 23.1 Å². The molecule has 5 rings (SSSR count). The Labute approximate surface area is 215 Å². The Morgan fingerprint density at radius 1 is 1.00 bits per heavy atom. The Morgan fingerprint density at radius 2 is 1.70 bits per heavy atom. The Kier molecular flexibility index (Phi) is 6.74. The first-order valence-corrected chi connectivity index (χ1v) is 12.7. The Hall–Kier alpha value is -3.69. The van der Waals surface area contributed by atoms with Crippen LogP contribution in [0.1, 0.15) is 25.0 Å². The average Bonchev–Trinajstić information content (AvgIpc) is 3.30. The summed E-state index contributed by atoms with van der Waals surface area (Å²) in [7, 11) is 0. The summed E-state index contributed by atoms with van der Waals surface area (Å²) in [6, 6.07) is 13.8. The third-order valence-corrected chi connectivity index (χ3v) is 7.31. The zero-order valence-corrected chi connectivity index (χ0v) is 21.1. The molecule has 3 aliphatic rings. The molecule has 2 amide bonds. The standard InChI is InChI=1S/C28H31N3O6/c1-3-30-22-8-6-5-7-21(22)28(27(30)35)23(24(32)19-9-11-20(12-10-19)37-4-2)25(33)26(34)31(28)14-13-29-15-17-36-18-16-29/h5-12,32H,3-4,13-18H2,1-2H3/t28-/m0/s1. The van der Waals surface area contributed by atoms with Gasteiger partial charge in [-0.2, -0.15) is 0 Å². The Morgan fingerprint density at radius 3 is 2.38 bits per heavy atom. The van der Waals surface area contributed by atoms with E-state index in [4.69, 9.17) is 9.47 Å². The van der Waals surface area contributed by atoms with Crippen molar-refractivity contribution in [2.24, 2.45) is 0 Å². The molecule has 3 aliphatic heterocycles. The number of likely N-dealkylation sites (N-methyl/N-ethyl adjacent to an activating group) is 1. The molecule has 9 nitrogen and oxygen atoms in total. The van der Waals surface area contributed by atoms with Crippen molar-refractivity contribution in [3.63, 3.8) is 0 Å². The molecule has 0 bridgehead atoms. The number of likely N-dealkylation sites (tertiary alicyclic amines) is 1. The first-order valence-electron chi connectivity index (χ1n) is 12.7. The minimum atomic E-state index is -1.74. The quantitative estimate of drug-likeness (QED) is 0.350. The molecule has 2 saturated heterocycles. The first kappa shape index (κ1) is 25.0. The zero-order chi connectivity index (χ0) is 26.2. The van der Waals surface area contributed by atoms with Gasteiger partial charge < -0.3 is 24.4 Å². The van der Waals surface area contributed by atoms with Crippen LogP contribution in [0.2, 0.25) is 0 Å². The van der Waals surface area contributed by atoms with Crippen LogP contribution in [0, 0.1) is 0 Å². The van der Waals surface area contributed by atoms with Gasteiger partial charge in [-0.05, 0) is 44.2 Å². The molecular formula is C28H31N3O6. The number of amides is 2. The molecule has 2 fully saturated rings. The SMILES string of the molecule is CCOc1ccc(C(O)=C2C(=O)C(=O)N(CCN3CCOCC3)[C@]23C(=O)N(CC)c2ccccc23)cc1. The average molecular weight is 506 g/mol. The third-order valence-electron chi connectivity index (χ3n) is 7.31. The molecule has 1 N–H and O–H groups in total. The molecule has 37 heavy (non-hydrogen) atoms. The summed E-state index contributed by atoms with van der Waals surface area (Å²) in [5, 5.41) is 11.5. The monoisotopic (exact) mass is 505 g/mol. The minimum Gasteiger partial charge on any atom is -0.507 e. The highest BCUT2D eigenvalue weighted by Crippen LogP contribution is 2.53. The highest BCUT2D eigenvalue weighted by atomic mass is 16.5. The minimum absolute atomic E-state index is 0.155. The number of rotatable bonds is 7. The fourth-order valence-electron chi connectivity index (χ4n) is 5.57. The van der Waals surface area contributed by atoms with Gasteiger partial charge in [0, 0.05) is 43.9 Å². The van der Waals surface area contributed by atoms with Gasteiger partial charge in [0.1, 0.15) is 11.5 Å². The lowest BCUT2D eigenvalue weighted by molar-refractivity contribution is -0.144. The van der Waals surface area contributed by atoms with E-state index in [-0.39, 0.29) is 17.9 Å². The second kappa shape index (κ2) is 9.99. The van der Waals surface area contributed by atoms with Crippen LogP contribution < -0.4 is 9.64 Å². The van der Waals surface area contributed by atoms with Crippen LogP contribution in [0.15, 0.2) is 54.1 Å². The lowest BCUT2D eigenvalue weighted by atomic mass is 9.82. The third kappa shape index (κ3) is 3.89. The number of aliphatic hydroxyl groups excluding tert-OH is 1. The number of benzene rings is 2. The normalized spacial score (nSPS) is 23.2. The van der Waals surface area contributed by atoms with Crippen LogP contribution in [-0.4, -0.2) is 85.0 Å². The molecule has 0 aliphatic carbocycles. The molecule has 3 heterocycles. The predicted octanol–water partition coefficient (Wildman–Crippen LogP) is 2.36. The van der Waals surface area contributed by atoms with Gasteiger partial charge in [0.05, 0.1) is 31.1 Å². The number of ether oxygens (including phenoxy) is 2. The van der Waals surface area contributed by atoms with Gasteiger partial charge in [-0.25, -0.2) is 0 Å². The Balaban J connectivity index is 1.67. The number of aliphatic hydroxyl groups is 1. The number of hydrogen-bond donors (Lipinski definition) is 1. The van der Waals surface area contributed by atoms with Gasteiger partial charge in [-0.3, -0.25) is 19.3 Å². The first-order chi connectivity index (χ1) is 17.9. The molecule has 0 aromatic heterocycles. The predicted molar refractivity (Wildman–Crippen MR) is 137 cm³/mol. The van der Waals surface area contributed by atoms with Gasteiger partial charge in [-0.1, -0.05) is 18.2 Å². The van der Waals surface area contributed by atoms with Gasteiger partial charge in [0.15, 0.2) is 5.54 Å². The van der Waals surface area contributed by atoms with E-state index in [1.54, 1.807) is 41.3 Å². The molecule has 0 unspecified atom stereocenters. The summed E-state index contributed by atoms with van der Waals surface area (Å²) in [6.07, 6.45) is 0. The smallest absolute Gasteiger partial charge is 0.296 e. The molecular weight excluding hydrogens is 474 g/mol. The maximum Gasteiger partial charge on any atom is 0.296 e. The van der Waals surface area contributed by atoms with E-state index >= 15 is 0 Å². The van der Waals surface area contributed by atoms with Crippen LogP contribution in [-0.2, 0) is 24.7 Å². The van der Waals surface area contributed by atoms with Crippen molar-refractivity contribution in [2.75, 3.05) is 57.4 Å². The summed E-state index contributed by atoms with van der Waals surface area (Å²) in [5.74, 6) is -1.84. The lowest BCUT2D eigenvalue weighted by Crippen LogP contribution is -2.54. The van der Waals surface area contributed by atoms with Crippen molar-refractivity contribution in [1.82, 2.24) is 9.80 Å². The molecule has 1 atom stereocenters. The van der Waals surface area contributed by atoms with E-state index in [9.17, 15) is 19.5 Å². The fourth-order valence-corrected chi connectivity index (χ4v) is 5.57. The van der Waals surface area contributed by atoms with Gasteiger partial charge in [0.2, 0.25) is 0 Å². The molecule has 194 valence electrons. The van der Waals surface area contributed by atoms with Crippen LogP contribution in [0.5, 0.6) is 5.75 Å². The van der Waals surface area contributed by atoms with Gasteiger partial charge in [0.25, 0.3) is 17.6 Å². The number of anilines is 1. The summed E-state index contributed by atoms with van der Waals surface area (Å²) in [5.41, 5.74) is -0.455. The zero-order valence-electron chi connectivity index (χ0n) is 21.1. The number of carbonyl (C=O) groups excluding carboxylic acids is 3. The Bertz CT molecular complexity index is 1250. The summed E-state index contributed by atoms with van der Waals surface area (Å²) in [6.45, 7) is 7.77. The summed E-state index contributed by atoms with van der Waals surface area (Å²) in [4.78, 5) is 46.5. The molecule has 9 heteroatoms. The number of ketones is 1. The van der Waals surface area contributed by atoms with Crippen molar-refractivity contribution >= 4 is 29.0 Å². The largest absolute Gasteiger partial charge is 0.507 e. The van der Waals surface area contributed by atoms with Crippen molar-refractivity contribution < 1.29 is 29.0 Å². The van der Waals surface area contributed by atoms with Crippen molar-refractivity contribution in [3.05, 3.63) is 65.2 Å². The van der Waals surface area contributed by atoms with E-state index in [0.29, 0.717) is 68.6 Å². The molecule has 0 radical (unpaired) electrons. The van der Waals surface area contributed by atoms with E-state index in [1.807, 2.05) is 26.0 Å². The van der Waals surface area contributed by atoms with Crippen LogP contribution in [0.3, 0.4) is 0 Å². The molecule has 2 aromatic rings. The summed E-state index contributed by atoms with van der Waals surface area (Å²) < 4.78 is 10.9. The highest BCUT2D eigenvalue weighted by molar-refractivity contribution is 6.50. The maximum absolute atomic E-state index is 14.2. The molecule has 2 aromatic carbocycles. The number of para-hydroxylation sites is 1. The highest BCUT2D eigenvalue weighted by Gasteiger charge is 2.66. The van der Waals surface area contributed by atoms with Gasteiger partial charge >= 0.3 is 0 Å². The number of nitrogens with zero attached hydrogens (tertiary/aromatic N) is 3. The molecule has 0 saturated carbocycles. The second-order valence-corrected chi connectivity index (χ2v) is 9.20. The number of morpholine rings is 1. The number of Topliss-reactive ketones (excluding diaryl/α,β-unsaturated/α-hetero) is 1. The van der Waals surface area contributed by atoms with Crippen molar-refractivity contribution in [1.29, 1.82) is 0 Å². The summed E-state index contributed by atoms with van der Waals surface area (Å²) >= 11 is 0. The van der Waals surface area contributed by atoms with E-state index in [0.717, 1.165) is 0 Å². The number of hydrogen-bond acceptors (Lipinski definition) is 7. The van der Waals surface area contributed by atoms with Crippen molar-refractivity contribution in [2.45, 2.75) is 19.4 Å². The van der Waals surface area contributed by atoms with Crippen LogP contribution >= 0.6 is 0 Å². The fraction of sp³-hybridized carbons (Fsp3) is 0.393. The lowest BCUT2D eigenvalue weighted by Gasteiger charge is -2.36. The van der Waals surface area contributed by atoms with Crippen LogP contribution in [0.25, 0.3) is 5.76 Å². The van der Waals surface area contributed by atoms with E-state index in [2.05, 4.69) is 4.90 Å². The van der Waals surface area contributed by atoms with Crippen molar-refractivity contribution in [3.8, 4) is 5.75 Å².